The summed E-state index contributed by atoms with van der Waals surface area (Å²) in [4.78, 5) is 9.57. The summed E-state index contributed by atoms with van der Waals surface area (Å²) in [5.74, 6) is 0.0909. The topological polar surface area (TPSA) is 64.3 Å². The first-order valence-electron chi connectivity index (χ1n) is 12.3. The Hall–Kier alpha value is -3.24. The van der Waals surface area contributed by atoms with Gasteiger partial charge in [0.25, 0.3) is 0 Å². The Bertz CT molecular complexity index is 1500. The van der Waals surface area contributed by atoms with Crippen LogP contribution in [0.15, 0.2) is 46.6 Å². The zero-order valence-corrected chi connectivity index (χ0v) is 21.1. The lowest BCUT2D eigenvalue weighted by Crippen LogP contribution is -2.44. The number of thiazole rings is 1. The van der Waals surface area contributed by atoms with Crippen molar-refractivity contribution in [2.24, 2.45) is 10.2 Å². The molecule has 3 aromatic rings. The van der Waals surface area contributed by atoms with Crippen LogP contribution in [0.5, 0.6) is 5.88 Å². The summed E-state index contributed by atoms with van der Waals surface area (Å²) in [5.41, 5.74) is 2.67. The first-order chi connectivity index (χ1) is 17.8. The SMILES string of the molecule is CN1CCN(c2nc(O)c(C(Cc3ccc(C(F)(F)F)cc3C3CC3)=c3ccc4c(c3)C=NN=4)s2)CC1. The molecule has 0 atom stereocenters. The minimum atomic E-state index is -4.38. The number of hydrogen-bond donors (Lipinski definition) is 1. The Kier molecular flexibility index (Phi) is 6.03. The molecule has 1 saturated carbocycles. The maximum atomic E-state index is 13.5. The van der Waals surface area contributed by atoms with Crippen molar-refractivity contribution < 1.29 is 18.3 Å². The van der Waals surface area contributed by atoms with Crippen molar-refractivity contribution in [2.45, 2.75) is 31.4 Å². The summed E-state index contributed by atoms with van der Waals surface area (Å²) >= 11 is 1.43. The first-order valence-corrected chi connectivity index (χ1v) is 13.2. The smallest absolute Gasteiger partial charge is 0.416 e. The van der Waals surface area contributed by atoms with E-state index in [4.69, 9.17) is 0 Å². The lowest BCUT2D eigenvalue weighted by Gasteiger charge is -2.31. The van der Waals surface area contributed by atoms with Gasteiger partial charge in [0.15, 0.2) is 5.13 Å². The molecule has 0 bridgehead atoms. The summed E-state index contributed by atoms with van der Waals surface area (Å²) in [6.07, 6.45) is -0.536. The van der Waals surface area contributed by atoms with E-state index in [1.807, 2.05) is 18.2 Å². The van der Waals surface area contributed by atoms with Crippen molar-refractivity contribution in [3.8, 4) is 5.88 Å². The molecule has 0 radical (unpaired) electrons. The zero-order chi connectivity index (χ0) is 25.7. The molecule has 0 spiro atoms. The van der Waals surface area contributed by atoms with Crippen molar-refractivity contribution >= 4 is 28.3 Å². The Morgan fingerprint density at radius 3 is 2.59 bits per heavy atom. The molecule has 0 amide bonds. The van der Waals surface area contributed by atoms with E-state index in [1.165, 1.54) is 17.4 Å². The Balaban J connectivity index is 1.46. The minimum Gasteiger partial charge on any atom is -0.492 e. The number of anilines is 1. The third-order valence-electron chi connectivity index (χ3n) is 7.24. The monoisotopic (exact) mass is 525 g/mol. The second-order valence-electron chi connectivity index (χ2n) is 9.90. The number of rotatable bonds is 5. The summed E-state index contributed by atoms with van der Waals surface area (Å²) < 4.78 is 40.5. The quantitative estimate of drug-likeness (QED) is 0.549. The zero-order valence-electron chi connectivity index (χ0n) is 20.3. The molecule has 37 heavy (non-hydrogen) atoms. The van der Waals surface area contributed by atoms with Crippen LogP contribution in [0.3, 0.4) is 0 Å². The molecule has 10 heteroatoms. The van der Waals surface area contributed by atoms with Crippen LogP contribution in [0.1, 0.15) is 45.9 Å². The molecule has 1 N–H and O–H groups in total. The molecule has 2 fully saturated rings. The highest BCUT2D eigenvalue weighted by Gasteiger charge is 2.34. The second-order valence-corrected chi connectivity index (χ2v) is 10.9. The fraction of sp³-hybridized carbons (Fsp3) is 0.370. The van der Waals surface area contributed by atoms with Gasteiger partial charge in [0.05, 0.1) is 22.0 Å². The Morgan fingerprint density at radius 2 is 1.86 bits per heavy atom. The fourth-order valence-electron chi connectivity index (χ4n) is 4.93. The molecule has 0 unspecified atom stereocenters. The van der Waals surface area contributed by atoms with Gasteiger partial charge in [-0.1, -0.05) is 23.5 Å². The molecular weight excluding hydrogens is 499 g/mol. The van der Waals surface area contributed by atoms with Gasteiger partial charge in [-0.05, 0) is 78.4 Å². The molecule has 192 valence electrons. The van der Waals surface area contributed by atoms with Crippen molar-refractivity contribution in [2.75, 3.05) is 38.1 Å². The van der Waals surface area contributed by atoms with E-state index in [1.54, 1.807) is 12.3 Å². The summed E-state index contributed by atoms with van der Waals surface area (Å²) in [6.45, 7) is 3.46. The number of aromatic nitrogens is 1. The molecule has 2 aromatic carbocycles. The van der Waals surface area contributed by atoms with Crippen LogP contribution >= 0.6 is 11.3 Å². The third-order valence-corrected chi connectivity index (χ3v) is 8.41. The fourth-order valence-corrected chi connectivity index (χ4v) is 6.01. The molecule has 6 nitrogen and oxygen atoms in total. The average molecular weight is 526 g/mol. The molecule has 2 aliphatic heterocycles. The van der Waals surface area contributed by atoms with Crippen LogP contribution in [0.2, 0.25) is 0 Å². The van der Waals surface area contributed by atoms with Gasteiger partial charge in [-0.3, -0.25) is 0 Å². The lowest BCUT2D eigenvalue weighted by molar-refractivity contribution is -0.137. The average Bonchev–Trinajstić information content (AvgIpc) is 3.49. The molecule has 3 aliphatic rings. The molecule has 1 aliphatic carbocycles. The van der Waals surface area contributed by atoms with E-state index in [-0.39, 0.29) is 11.8 Å². The van der Waals surface area contributed by atoms with Crippen LogP contribution in [-0.4, -0.2) is 54.4 Å². The number of piperazine rings is 1. The Morgan fingerprint density at radius 1 is 1.08 bits per heavy atom. The van der Waals surface area contributed by atoms with Crippen LogP contribution in [0.25, 0.3) is 5.57 Å². The molecular formula is C27H26F3N5OS. The highest BCUT2D eigenvalue weighted by molar-refractivity contribution is 7.17. The number of benzene rings is 2. The highest BCUT2D eigenvalue weighted by atomic mass is 32.1. The van der Waals surface area contributed by atoms with Crippen LogP contribution in [0.4, 0.5) is 18.3 Å². The molecule has 1 saturated heterocycles. The predicted octanol–water partition coefficient (Wildman–Crippen LogP) is 3.91. The normalized spacial score (nSPS) is 18.6. The lowest BCUT2D eigenvalue weighted by atomic mass is 9.93. The molecule has 3 heterocycles. The van der Waals surface area contributed by atoms with E-state index >= 15 is 0 Å². The number of alkyl halides is 3. The largest absolute Gasteiger partial charge is 0.492 e. The van der Waals surface area contributed by atoms with Gasteiger partial charge in [0.1, 0.15) is 0 Å². The van der Waals surface area contributed by atoms with Gasteiger partial charge in [-0.15, -0.1) is 0 Å². The van der Waals surface area contributed by atoms with Crippen LogP contribution in [0, 0.1) is 0 Å². The van der Waals surface area contributed by atoms with E-state index in [9.17, 15) is 18.3 Å². The van der Waals surface area contributed by atoms with Gasteiger partial charge in [-0.2, -0.15) is 28.4 Å². The third kappa shape index (κ3) is 4.87. The van der Waals surface area contributed by atoms with Crippen LogP contribution in [-0.2, 0) is 12.6 Å². The first kappa shape index (κ1) is 24.1. The minimum absolute atomic E-state index is 0.0485. The van der Waals surface area contributed by atoms with E-state index in [0.29, 0.717) is 11.3 Å². The maximum Gasteiger partial charge on any atom is 0.416 e. The summed E-state index contributed by atoms with van der Waals surface area (Å²) in [6, 6.07) is 9.85. The molecule has 6 rings (SSSR count). The molecule has 1 aromatic heterocycles. The summed E-state index contributed by atoms with van der Waals surface area (Å²) in [7, 11) is 2.08. The highest BCUT2D eigenvalue weighted by Crippen LogP contribution is 2.45. The van der Waals surface area contributed by atoms with Gasteiger partial charge in [0, 0.05) is 31.7 Å². The number of aromatic hydroxyl groups is 1. The number of nitrogens with zero attached hydrogens (tertiary/aromatic N) is 5. The van der Waals surface area contributed by atoms with Crippen molar-refractivity contribution in [1.29, 1.82) is 0 Å². The van der Waals surface area contributed by atoms with Gasteiger partial charge < -0.3 is 14.9 Å². The summed E-state index contributed by atoms with van der Waals surface area (Å²) in [5, 5.41) is 21.5. The van der Waals surface area contributed by atoms with Gasteiger partial charge in [0.2, 0.25) is 5.88 Å². The van der Waals surface area contributed by atoms with E-state index < -0.39 is 11.7 Å². The van der Waals surface area contributed by atoms with Crippen molar-refractivity contribution in [3.63, 3.8) is 0 Å². The second kappa shape index (κ2) is 9.25. The van der Waals surface area contributed by atoms with Gasteiger partial charge >= 0.3 is 6.18 Å². The van der Waals surface area contributed by atoms with E-state index in [2.05, 4.69) is 32.0 Å². The standard InChI is InChI=1S/C27H26F3N5OS/c1-34-8-10-35(11-9-34)26-32-25(36)24(37-26)22(17-5-7-23-19(12-17)15-31-33-23)13-18-4-6-20(27(28,29)30)14-21(18)16-2-3-16/h4-7,12,14-16,36H,2-3,8-11,13H2,1H3. The van der Waals surface area contributed by atoms with Crippen LogP contribution < -0.4 is 15.5 Å². The Labute approximate surface area is 216 Å². The van der Waals surface area contributed by atoms with E-state index in [0.717, 1.165) is 83.1 Å². The van der Waals surface area contributed by atoms with Crippen molar-refractivity contribution in [3.05, 3.63) is 74.1 Å². The van der Waals surface area contributed by atoms with Gasteiger partial charge in [-0.25, -0.2) is 0 Å². The predicted molar refractivity (Wildman–Crippen MR) is 138 cm³/mol. The number of likely N-dealkylation sites (N-methyl/N-ethyl adjacent to an activating group) is 1. The van der Waals surface area contributed by atoms with Crippen molar-refractivity contribution in [1.82, 2.24) is 9.88 Å². The maximum absolute atomic E-state index is 13.5. The number of hydrogen-bond acceptors (Lipinski definition) is 7. The number of halogens is 3. The number of fused-ring (bicyclic) bond motifs is 1.